The molecule has 0 unspecified atom stereocenters. The van der Waals surface area contributed by atoms with Crippen molar-refractivity contribution < 1.29 is 20.4 Å². The third kappa shape index (κ3) is 1.68. The molecule has 0 bridgehead atoms. The second kappa shape index (κ2) is 3.73. The maximum absolute atomic E-state index is 9.22. The van der Waals surface area contributed by atoms with Gasteiger partial charge in [-0.25, -0.2) is 0 Å². The molecular weight excluding hydrogens is 168 g/mol. The van der Waals surface area contributed by atoms with Crippen LogP contribution in [0.3, 0.4) is 0 Å². The molecular formula is C6H12O4S. The number of aliphatic hydroxyl groups excluding tert-OH is 4. The highest BCUT2D eigenvalue weighted by Gasteiger charge is 2.41. The quantitative estimate of drug-likeness (QED) is 0.402. The fourth-order valence-electron chi connectivity index (χ4n) is 1.13. The van der Waals surface area contributed by atoms with Crippen LogP contribution in [0.2, 0.25) is 0 Å². The van der Waals surface area contributed by atoms with Crippen molar-refractivity contribution in [3.8, 4) is 0 Å². The lowest BCUT2D eigenvalue weighted by Gasteiger charge is -2.12. The summed E-state index contributed by atoms with van der Waals surface area (Å²) in [5, 5.41) is 35.1. The Hall–Kier alpha value is 0.190. The molecule has 66 valence electrons. The van der Waals surface area contributed by atoms with Gasteiger partial charge in [0.1, 0.15) is 0 Å². The molecule has 0 amide bonds. The van der Waals surface area contributed by atoms with Crippen molar-refractivity contribution in [3.05, 3.63) is 0 Å². The number of aliphatic hydroxyl groups is 4. The second-order valence-electron chi connectivity index (χ2n) is 2.56. The SMILES string of the molecule is OC[C@@H]1S[C@@H](CO)[C@@H](O)[C@@H]1O. The molecule has 1 fully saturated rings. The van der Waals surface area contributed by atoms with Crippen LogP contribution in [0.25, 0.3) is 0 Å². The molecule has 0 aromatic heterocycles. The molecule has 0 aromatic rings. The van der Waals surface area contributed by atoms with Crippen molar-refractivity contribution in [2.45, 2.75) is 22.7 Å². The number of hydrogen-bond donors (Lipinski definition) is 4. The van der Waals surface area contributed by atoms with Gasteiger partial charge in [-0.1, -0.05) is 0 Å². The zero-order valence-corrected chi connectivity index (χ0v) is 6.74. The van der Waals surface area contributed by atoms with Gasteiger partial charge in [-0.3, -0.25) is 0 Å². The number of rotatable bonds is 2. The molecule has 1 saturated heterocycles. The van der Waals surface area contributed by atoms with Crippen LogP contribution in [0.5, 0.6) is 0 Å². The molecule has 4 atom stereocenters. The van der Waals surface area contributed by atoms with E-state index in [1.807, 2.05) is 0 Å². The summed E-state index contributed by atoms with van der Waals surface area (Å²) in [4.78, 5) is 0. The lowest BCUT2D eigenvalue weighted by atomic mass is 10.1. The van der Waals surface area contributed by atoms with E-state index in [4.69, 9.17) is 10.2 Å². The van der Waals surface area contributed by atoms with Gasteiger partial charge in [-0.15, -0.1) is 11.8 Å². The Morgan fingerprint density at radius 2 is 1.27 bits per heavy atom. The molecule has 1 rings (SSSR count). The summed E-state index contributed by atoms with van der Waals surface area (Å²) in [6.07, 6.45) is -1.83. The highest BCUT2D eigenvalue weighted by atomic mass is 32.2. The van der Waals surface area contributed by atoms with Crippen LogP contribution in [0.15, 0.2) is 0 Å². The van der Waals surface area contributed by atoms with Crippen molar-refractivity contribution in [3.63, 3.8) is 0 Å². The van der Waals surface area contributed by atoms with Crippen LogP contribution in [-0.2, 0) is 0 Å². The van der Waals surface area contributed by atoms with Gasteiger partial charge in [-0.2, -0.15) is 0 Å². The van der Waals surface area contributed by atoms with Gasteiger partial charge >= 0.3 is 0 Å². The zero-order chi connectivity index (χ0) is 8.43. The standard InChI is InChI=1S/C6H12O4S/c7-1-3-5(9)6(10)4(2-8)11-3/h3-10H,1-2H2/t3-,4-,5+,6+/m0/s1. The molecule has 0 aliphatic carbocycles. The van der Waals surface area contributed by atoms with Gasteiger partial charge in [0, 0.05) is 0 Å². The Bertz CT molecular complexity index is 114. The van der Waals surface area contributed by atoms with Gasteiger partial charge in [0.25, 0.3) is 0 Å². The molecule has 0 radical (unpaired) electrons. The van der Waals surface area contributed by atoms with Crippen LogP contribution in [-0.4, -0.2) is 56.3 Å². The van der Waals surface area contributed by atoms with E-state index in [0.29, 0.717) is 0 Å². The Morgan fingerprint density at radius 1 is 0.909 bits per heavy atom. The third-order valence-electron chi connectivity index (χ3n) is 1.82. The minimum absolute atomic E-state index is 0.167. The van der Waals surface area contributed by atoms with Crippen LogP contribution in [0.4, 0.5) is 0 Å². The Balaban J connectivity index is 2.53. The molecule has 4 nitrogen and oxygen atoms in total. The van der Waals surface area contributed by atoms with Crippen molar-refractivity contribution in [1.82, 2.24) is 0 Å². The van der Waals surface area contributed by atoms with E-state index in [1.165, 1.54) is 11.8 Å². The van der Waals surface area contributed by atoms with Gasteiger partial charge in [-0.05, 0) is 0 Å². The van der Waals surface area contributed by atoms with E-state index in [1.54, 1.807) is 0 Å². The minimum Gasteiger partial charge on any atom is -0.395 e. The third-order valence-corrected chi connectivity index (χ3v) is 3.38. The van der Waals surface area contributed by atoms with E-state index in [9.17, 15) is 10.2 Å². The van der Waals surface area contributed by atoms with Crippen molar-refractivity contribution in [2.24, 2.45) is 0 Å². The molecule has 11 heavy (non-hydrogen) atoms. The highest BCUT2D eigenvalue weighted by molar-refractivity contribution is 8.01. The average Bonchev–Trinajstić information content (AvgIpc) is 2.30. The molecule has 1 aliphatic rings. The smallest absolute Gasteiger partial charge is 0.0951 e. The normalized spacial score (nSPS) is 44.7. The summed E-state index contributed by atoms with van der Waals surface area (Å²) in [5.41, 5.74) is 0. The lowest BCUT2D eigenvalue weighted by molar-refractivity contribution is 0.0130. The first-order chi connectivity index (χ1) is 5.20. The molecule has 0 spiro atoms. The predicted molar refractivity (Wildman–Crippen MR) is 41.4 cm³/mol. The van der Waals surface area contributed by atoms with Crippen LogP contribution in [0.1, 0.15) is 0 Å². The molecule has 4 N–H and O–H groups in total. The monoisotopic (exact) mass is 180 g/mol. The summed E-state index contributed by atoms with van der Waals surface area (Å²) < 4.78 is 0. The largest absolute Gasteiger partial charge is 0.395 e. The van der Waals surface area contributed by atoms with Gasteiger partial charge in [0.05, 0.1) is 35.9 Å². The first kappa shape index (κ1) is 9.28. The van der Waals surface area contributed by atoms with Gasteiger partial charge in [0.2, 0.25) is 0 Å². The fourth-order valence-corrected chi connectivity index (χ4v) is 2.39. The number of hydrogen-bond acceptors (Lipinski definition) is 5. The van der Waals surface area contributed by atoms with E-state index in [2.05, 4.69) is 0 Å². The molecule has 1 aliphatic heterocycles. The Morgan fingerprint density at radius 3 is 1.45 bits per heavy atom. The molecule has 0 saturated carbocycles. The first-order valence-corrected chi connectivity index (χ1v) is 4.38. The Labute approximate surface area is 68.9 Å². The van der Waals surface area contributed by atoms with Crippen molar-refractivity contribution >= 4 is 11.8 Å². The topological polar surface area (TPSA) is 80.9 Å². The van der Waals surface area contributed by atoms with Crippen LogP contribution in [0, 0.1) is 0 Å². The van der Waals surface area contributed by atoms with E-state index < -0.39 is 12.2 Å². The summed E-state index contributed by atoms with van der Waals surface area (Å²) in [7, 11) is 0. The fraction of sp³-hybridized carbons (Fsp3) is 1.00. The molecule has 1 heterocycles. The van der Waals surface area contributed by atoms with E-state index in [0.717, 1.165) is 0 Å². The van der Waals surface area contributed by atoms with Crippen molar-refractivity contribution in [2.75, 3.05) is 13.2 Å². The Kier molecular flexibility index (Phi) is 3.15. The average molecular weight is 180 g/mol. The lowest BCUT2D eigenvalue weighted by Crippen LogP contribution is -2.34. The summed E-state index contributed by atoms with van der Waals surface area (Å²) in [5.74, 6) is 0. The predicted octanol–water partition coefficient (Wildman–Crippen LogP) is -1.82. The van der Waals surface area contributed by atoms with Gasteiger partial charge in [0.15, 0.2) is 0 Å². The molecule has 5 heteroatoms. The maximum Gasteiger partial charge on any atom is 0.0951 e. The van der Waals surface area contributed by atoms with Crippen LogP contribution >= 0.6 is 11.8 Å². The second-order valence-corrected chi connectivity index (χ2v) is 4.04. The summed E-state index contributed by atoms with van der Waals surface area (Å²) in [6, 6.07) is 0. The number of thioether (sulfide) groups is 1. The molecule has 0 aromatic carbocycles. The maximum atomic E-state index is 9.22. The minimum atomic E-state index is -0.915. The zero-order valence-electron chi connectivity index (χ0n) is 5.92. The van der Waals surface area contributed by atoms with E-state index in [-0.39, 0.29) is 23.7 Å². The van der Waals surface area contributed by atoms with Crippen LogP contribution < -0.4 is 0 Å². The highest BCUT2D eigenvalue weighted by Crippen LogP contribution is 2.33. The van der Waals surface area contributed by atoms with Gasteiger partial charge < -0.3 is 20.4 Å². The van der Waals surface area contributed by atoms with Crippen molar-refractivity contribution in [1.29, 1.82) is 0 Å². The van der Waals surface area contributed by atoms with E-state index >= 15 is 0 Å². The summed E-state index contributed by atoms with van der Waals surface area (Å²) in [6.45, 7) is -0.335. The first-order valence-electron chi connectivity index (χ1n) is 3.44. The summed E-state index contributed by atoms with van der Waals surface area (Å²) >= 11 is 1.23.